The van der Waals surface area contributed by atoms with Crippen molar-refractivity contribution in [3.05, 3.63) is 102 Å². The van der Waals surface area contributed by atoms with E-state index < -0.39 is 15.8 Å². The van der Waals surface area contributed by atoms with Crippen molar-refractivity contribution in [1.29, 1.82) is 0 Å². The van der Waals surface area contributed by atoms with Gasteiger partial charge in [0.15, 0.2) is 9.84 Å². The Morgan fingerprint density at radius 1 is 0.750 bits per heavy atom. The minimum Gasteiger partial charge on any atom is -0.349 e. The average Bonchev–Trinajstić information content (AvgIpc) is 2.69. The molecule has 1 N–H and O–H groups in total. The average molecular weight is 394 g/mol. The van der Waals surface area contributed by atoms with Crippen LogP contribution >= 0.6 is 0 Å². The number of rotatable bonds is 6. The molecule has 0 spiro atoms. The number of carbonyl (C=O) groups excluding carboxylic acids is 1. The number of nitrogens with one attached hydrogen (secondary N) is 1. The second kappa shape index (κ2) is 8.40. The fourth-order valence-electron chi connectivity index (χ4n) is 3.17. The summed E-state index contributed by atoms with van der Waals surface area (Å²) in [6.07, 6.45) is 1.18. The van der Waals surface area contributed by atoms with Crippen LogP contribution in [0.5, 0.6) is 0 Å². The van der Waals surface area contributed by atoms with Crippen LogP contribution in [0.25, 0.3) is 0 Å². The zero-order chi connectivity index (χ0) is 20.1. The third kappa shape index (κ3) is 4.67. The van der Waals surface area contributed by atoms with Crippen molar-refractivity contribution in [3.63, 3.8) is 0 Å². The van der Waals surface area contributed by atoms with E-state index >= 15 is 0 Å². The summed E-state index contributed by atoms with van der Waals surface area (Å²) in [5.74, 6) is -0.516. The van der Waals surface area contributed by atoms with Gasteiger partial charge in [0.05, 0.1) is 16.9 Å². The normalized spacial score (nSPS) is 12.5. The number of amides is 1. The smallest absolute Gasteiger partial charge is 0.232 e. The molecule has 28 heavy (non-hydrogen) atoms. The van der Waals surface area contributed by atoms with Crippen LogP contribution in [0.15, 0.2) is 89.8 Å². The van der Waals surface area contributed by atoms with Crippen LogP contribution in [0.1, 0.15) is 35.6 Å². The number of hydrogen-bond donors (Lipinski definition) is 1. The minimum absolute atomic E-state index is 0.0999. The van der Waals surface area contributed by atoms with Crippen LogP contribution < -0.4 is 5.32 Å². The first-order valence-electron chi connectivity index (χ1n) is 9.06. The molecule has 0 saturated carbocycles. The number of carbonyl (C=O) groups is 1. The molecule has 3 aromatic rings. The highest BCUT2D eigenvalue weighted by Gasteiger charge is 2.24. The molecule has 0 bridgehead atoms. The van der Waals surface area contributed by atoms with Gasteiger partial charge in [0.2, 0.25) is 5.91 Å². The monoisotopic (exact) mass is 393 g/mol. The lowest BCUT2D eigenvalue weighted by molar-refractivity contribution is -0.122. The molecular weight excluding hydrogens is 370 g/mol. The molecular formula is C23H23NO3S. The first-order valence-corrected chi connectivity index (χ1v) is 11.0. The Balaban J connectivity index is 1.84. The molecule has 1 atom stereocenters. The van der Waals surface area contributed by atoms with E-state index in [1.54, 1.807) is 24.3 Å². The number of hydrogen-bond acceptors (Lipinski definition) is 3. The van der Waals surface area contributed by atoms with Crippen LogP contribution in [-0.4, -0.2) is 20.6 Å². The van der Waals surface area contributed by atoms with Gasteiger partial charge in [-0.2, -0.15) is 0 Å². The van der Waals surface area contributed by atoms with Gasteiger partial charge in [-0.25, -0.2) is 8.42 Å². The fourth-order valence-corrected chi connectivity index (χ4v) is 3.80. The first kappa shape index (κ1) is 19.8. The SMILES string of the molecule is C[C@@H](NC(=O)C(c1ccccc1)c1ccccc1)c1ccc(S(C)(=O)=O)cc1. The standard InChI is InChI=1S/C23H23NO3S/c1-17(18-13-15-21(16-14-18)28(2,26)27)24-23(25)22(19-9-5-3-6-10-19)20-11-7-4-8-12-20/h3-17,22H,1-2H3,(H,24,25)/t17-/m1/s1. The fraction of sp³-hybridized carbons (Fsp3) is 0.174. The predicted molar refractivity (Wildman–Crippen MR) is 111 cm³/mol. The summed E-state index contributed by atoms with van der Waals surface area (Å²) in [5.41, 5.74) is 2.69. The van der Waals surface area contributed by atoms with Gasteiger partial charge in [-0.05, 0) is 35.7 Å². The largest absolute Gasteiger partial charge is 0.349 e. The quantitative estimate of drug-likeness (QED) is 0.686. The van der Waals surface area contributed by atoms with Gasteiger partial charge in [-0.1, -0.05) is 72.8 Å². The molecule has 0 aliphatic heterocycles. The van der Waals surface area contributed by atoms with Gasteiger partial charge < -0.3 is 5.32 Å². The third-order valence-electron chi connectivity index (χ3n) is 4.70. The maximum absolute atomic E-state index is 13.1. The van der Waals surface area contributed by atoms with Crippen molar-refractivity contribution in [2.24, 2.45) is 0 Å². The zero-order valence-electron chi connectivity index (χ0n) is 15.9. The second-order valence-corrected chi connectivity index (χ2v) is 8.84. The van der Waals surface area contributed by atoms with E-state index in [2.05, 4.69) is 5.32 Å². The van der Waals surface area contributed by atoms with Gasteiger partial charge in [-0.3, -0.25) is 4.79 Å². The highest BCUT2D eigenvalue weighted by Crippen LogP contribution is 2.26. The number of sulfone groups is 1. The number of benzene rings is 3. The topological polar surface area (TPSA) is 63.2 Å². The van der Waals surface area contributed by atoms with Crippen molar-refractivity contribution in [2.75, 3.05) is 6.26 Å². The maximum atomic E-state index is 13.1. The molecule has 144 valence electrons. The summed E-state index contributed by atoms with van der Waals surface area (Å²) < 4.78 is 23.3. The minimum atomic E-state index is -3.24. The van der Waals surface area contributed by atoms with E-state index in [4.69, 9.17) is 0 Å². The van der Waals surface area contributed by atoms with E-state index in [0.717, 1.165) is 16.7 Å². The summed E-state index contributed by atoms with van der Waals surface area (Å²) in [6.45, 7) is 1.89. The molecule has 0 aliphatic carbocycles. The molecule has 0 unspecified atom stereocenters. The van der Waals surface area contributed by atoms with Crippen molar-refractivity contribution < 1.29 is 13.2 Å². The van der Waals surface area contributed by atoms with E-state index in [1.165, 1.54) is 6.26 Å². The molecule has 3 aromatic carbocycles. The van der Waals surface area contributed by atoms with Gasteiger partial charge in [-0.15, -0.1) is 0 Å². The first-order chi connectivity index (χ1) is 13.4. The summed E-state index contributed by atoms with van der Waals surface area (Å²) in [5, 5.41) is 3.06. The lowest BCUT2D eigenvalue weighted by Gasteiger charge is -2.21. The Morgan fingerprint density at radius 3 is 1.64 bits per heavy atom. The molecule has 0 aliphatic rings. The van der Waals surface area contributed by atoms with Gasteiger partial charge in [0.1, 0.15) is 0 Å². The maximum Gasteiger partial charge on any atom is 0.232 e. The lowest BCUT2D eigenvalue weighted by atomic mass is 9.90. The van der Waals surface area contributed by atoms with Gasteiger partial charge in [0.25, 0.3) is 0 Å². The van der Waals surface area contributed by atoms with E-state index in [9.17, 15) is 13.2 Å². The van der Waals surface area contributed by atoms with E-state index in [0.29, 0.717) is 0 Å². The van der Waals surface area contributed by atoms with E-state index in [-0.39, 0.29) is 16.8 Å². The van der Waals surface area contributed by atoms with Gasteiger partial charge in [0, 0.05) is 6.26 Å². The van der Waals surface area contributed by atoms with Crippen molar-refractivity contribution in [3.8, 4) is 0 Å². The molecule has 0 saturated heterocycles. The molecule has 1 amide bonds. The van der Waals surface area contributed by atoms with Crippen LogP contribution in [0, 0.1) is 0 Å². The Hall–Kier alpha value is -2.92. The Morgan fingerprint density at radius 2 is 1.21 bits per heavy atom. The predicted octanol–water partition coefficient (Wildman–Crippen LogP) is 4.10. The summed E-state index contributed by atoms with van der Waals surface area (Å²) in [7, 11) is -3.24. The summed E-state index contributed by atoms with van der Waals surface area (Å²) in [6, 6.07) is 25.7. The van der Waals surface area contributed by atoms with Crippen molar-refractivity contribution in [1.82, 2.24) is 5.32 Å². The molecule has 0 radical (unpaired) electrons. The molecule has 0 heterocycles. The molecule has 0 fully saturated rings. The Bertz CT molecular complexity index is 991. The molecule has 4 nitrogen and oxygen atoms in total. The third-order valence-corrected chi connectivity index (χ3v) is 5.82. The highest BCUT2D eigenvalue weighted by molar-refractivity contribution is 7.90. The van der Waals surface area contributed by atoms with Gasteiger partial charge >= 0.3 is 0 Å². The Kier molecular flexibility index (Phi) is 5.95. The molecule has 3 rings (SSSR count). The van der Waals surface area contributed by atoms with Crippen LogP contribution in [0.3, 0.4) is 0 Å². The summed E-state index contributed by atoms with van der Waals surface area (Å²) in [4.78, 5) is 13.4. The van der Waals surface area contributed by atoms with Crippen LogP contribution in [0.2, 0.25) is 0 Å². The van der Waals surface area contributed by atoms with Crippen LogP contribution in [-0.2, 0) is 14.6 Å². The Labute approximate surface area is 166 Å². The zero-order valence-corrected chi connectivity index (χ0v) is 16.7. The second-order valence-electron chi connectivity index (χ2n) is 6.83. The highest BCUT2D eigenvalue weighted by atomic mass is 32.2. The van der Waals surface area contributed by atoms with Crippen molar-refractivity contribution in [2.45, 2.75) is 23.8 Å². The van der Waals surface area contributed by atoms with E-state index in [1.807, 2.05) is 67.6 Å². The summed E-state index contributed by atoms with van der Waals surface area (Å²) >= 11 is 0. The van der Waals surface area contributed by atoms with Crippen LogP contribution in [0.4, 0.5) is 0 Å². The molecule has 5 heteroatoms. The van der Waals surface area contributed by atoms with Crippen molar-refractivity contribution >= 4 is 15.7 Å². The lowest BCUT2D eigenvalue weighted by Crippen LogP contribution is -2.32. The molecule has 0 aromatic heterocycles.